The van der Waals surface area contributed by atoms with Gasteiger partial charge >= 0.3 is 17.2 Å². The SMILES string of the molecule is CC(C)(C)c1cccc(C(=O)c2ccccc2OP(Oc2ccc3ccccc3c2)Oc2ccc3ccccc3c2)c1OP(Oc1ccc2ccccc2c1)Oc1ccc2ccccc2c1. The number of fused-ring (bicyclic) bond motifs is 4. The van der Waals surface area contributed by atoms with E-state index in [9.17, 15) is 0 Å². The van der Waals surface area contributed by atoms with Crippen LogP contribution < -0.4 is 27.1 Å². The quantitative estimate of drug-likeness (QED) is 0.0795. The van der Waals surface area contributed by atoms with Gasteiger partial charge in [0.05, 0.1) is 11.1 Å². The number of para-hydroxylation sites is 2. The van der Waals surface area contributed by atoms with Crippen molar-refractivity contribution in [2.24, 2.45) is 0 Å². The lowest BCUT2D eigenvalue weighted by Crippen LogP contribution is -2.17. The Morgan fingerprint density at radius 2 is 0.697 bits per heavy atom. The van der Waals surface area contributed by atoms with Crippen LogP contribution in [0.15, 0.2) is 212 Å². The van der Waals surface area contributed by atoms with Gasteiger partial charge in [0.15, 0.2) is 0 Å². The molecule has 324 valence electrons. The molecule has 0 N–H and O–H groups in total. The van der Waals surface area contributed by atoms with E-state index >= 15 is 4.79 Å². The number of rotatable bonds is 14. The van der Waals surface area contributed by atoms with Gasteiger partial charge in [0.2, 0.25) is 5.78 Å². The molecule has 0 unspecified atom stereocenters. The van der Waals surface area contributed by atoms with Gasteiger partial charge in [0, 0.05) is 5.56 Å². The third-order valence-corrected chi connectivity index (χ3v) is 13.3. The Balaban J connectivity index is 1.02. The Morgan fingerprint density at radius 3 is 1.11 bits per heavy atom. The molecule has 7 nitrogen and oxygen atoms in total. The average molecular weight is 903 g/mol. The van der Waals surface area contributed by atoms with Crippen molar-refractivity contribution in [1.29, 1.82) is 0 Å². The van der Waals surface area contributed by atoms with Crippen LogP contribution in [0.2, 0.25) is 0 Å². The fourth-order valence-electron chi connectivity index (χ4n) is 7.79. The molecule has 0 amide bonds. The summed E-state index contributed by atoms with van der Waals surface area (Å²) >= 11 is 0. The van der Waals surface area contributed by atoms with Gasteiger partial charge in [-0.25, -0.2) is 0 Å². The maximum absolute atomic E-state index is 15.2. The summed E-state index contributed by atoms with van der Waals surface area (Å²) in [6.45, 7) is 6.25. The molecule has 10 rings (SSSR count). The van der Waals surface area contributed by atoms with Crippen LogP contribution in [0.5, 0.6) is 34.5 Å². The molecule has 0 bridgehead atoms. The molecule has 10 aromatic carbocycles. The van der Waals surface area contributed by atoms with Crippen molar-refractivity contribution in [3.8, 4) is 34.5 Å². The molecular formula is C57H44O7P2. The smallest absolute Gasteiger partial charge is 0.408 e. The molecule has 0 radical (unpaired) electrons. The van der Waals surface area contributed by atoms with Crippen LogP contribution in [0.25, 0.3) is 43.1 Å². The minimum Gasteiger partial charge on any atom is -0.408 e. The Morgan fingerprint density at radius 1 is 0.348 bits per heavy atom. The fourth-order valence-corrected chi connectivity index (χ4v) is 9.82. The predicted octanol–water partition coefficient (Wildman–Crippen LogP) is 16.4. The van der Waals surface area contributed by atoms with Gasteiger partial charge in [0.1, 0.15) is 34.5 Å². The van der Waals surface area contributed by atoms with Crippen LogP contribution >= 0.6 is 17.2 Å². The van der Waals surface area contributed by atoms with E-state index in [1.54, 1.807) is 18.2 Å². The van der Waals surface area contributed by atoms with Gasteiger partial charge in [-0.05, 0) is 115 Å². The lowest BCUT2D eigenvalue weighted by molar-refractivity contribution is 0.103. The Hall–Kier alpha value is -7.43. The first-order chi connectivity index (χ1) is 32.2. The largest absolute Gasteiger partial charge is 0.530 e. The second-order valence-electron chi connectivity index (χ2n) is 16.8. The van der Waals surface area contributed by atoms with E-state index in [1.165, 1.54) is 0 Å². The zero-order valence-corrected chi connectivity index (χ0v) is 38.2. The molecule has 0 aliphatic rings. The summed E-state index contributed by atoms with van der Waals surface area (Å²) in [7, 11) is -4.36. The topological polar surface area (TPSA) is 72.5 Å². The van der Waals surface area contributed by atoms with E-state index in [1.807, 2.05) is 182 Å². The first-order valence-electron chi connectivity index (χ1n) is 21.6. The molecule has 0 saturated heterocycles. The molecule has 9 heteroatoms. The third-order valence-electron chi connectivity index (χ3n) is 11.1. The average Bonchev–Trinajstić information content (AvgIpc) is 3.33. The summed E-state index contributed by atoms with van der Waals surface area (Å²) in [6.07, 6.45) is 0. The summed E-state index contributed by atoms with van der Waals surface area (Å²) in [6, 6.07) is 68.5. The Bertz CT molecular complexity index is 3220. The standard InChI is InChI=1S/C57H44O7P2/c1-57(2,3)53-25-14-24-52(56(53)64-66(61-49-33-29-41-17-6-10-21-45(41)37-49)62-50-34-30-42-18-7-11-22-46(42)38-50)55(58)51-23-12-13-26-54(51)63-65(59-47-31-27-39-15-4-8-19-43(39)35-47)60-48-32-28-40-16-5-9-20-44(40)36-48/h4-38H,1-3H3. The van der Waals surface area contributed by atoms with E-state index in [4.69, 9.17) is 27.1 Å². The molecule has 0 aromatic heterocycles. The fraction of sp³-hybridized carbons (Fsp3) is 0.0702. The van der Waals surface area contributed by atoms with Gasteiger partial charge < -0.3 is 27.1 Å². The molecule has 0 atom stereocenters. The monoisotopic (exact) mass is 902 g/mol. The van der Waals surface area contributed by atoms with Crippen LogP contribution in [0.3, 0.4) is 0 Å². The minimum atomic E-state index is -2.20. The van der Waals surface area contributed by atoms with Gasteiger partial charge in [0.25, 0.3) is 0 Å². The molecule has 10 aromatic rings. The predicted molar refractivity (Wildman–Crippen MR) is 268 cm³/mol. The Labute approximate surface area is 386 Å². The van der Waals surface area contributed by atoms with E-state index in [2.05, 4.69) is 32.9 Å². The highest BCUT2D eigenvalue weighted by Gasteiger charge is 2.32. The second kappa shape index (κ2) is 18.6. The molecule has 0 fully saturated rings. The van der Waals surface area contributed by atoms with E-state index < -0.39 is 22.6 Å². The van der Waals surface area contributed by atoms with Crippen LogP contribution in [0.4, 0.5) is 0 Å². The molecule has 66 heavy (non-hydrogen) atoms. The lowest BCUT2D eigenvalue weighted by Gasteiger charge is -2.26. The maximum atomic E-state index is 15.2. The molecule has 0 aliphatic carbocycles. The number of ketones is 1. The lowest BCUT2D eigenvalue weighted by atomic mass is 9.84. The second-order valence-corrected chi connectivity index (χ2v) is 18.8. The molecule has 0 heterocycles. The Kier molecular flexibility index (Phi) is 12.0. The first-order valence-corrected chi connectivity index (χ1v) is 23.8. The summed E-state index contributed by atoms with van der Waals surface area (Å²) in [5.74, 6) is 2.54. The van der Waals surface area contributed by atoms with Gasteiger partial charge in [-0.2, -0.15) is 0 Å². The van der Waals surface area contributed by atoms with Crippen molar-refractivity contribution in [3.63, 3.8) is 0 Å². The van der Waals surface area contributed by atoms with Crippen molar-refractivity contribution in [1.82, 2.24) is 0 Å². The van der Waals surface area contributed by atoms with Gasteiger partial charge in [-0.1, -0.05) is 166 Å². The van der Waals surface area contributed by atoms with Gasteiger partial charge in [-0.15, -0.1) is 0 Å². The minimum absolute atomic E-state index is 0.282. The highest BCUT2D eigenvalue weighted by Crippen LogP contribution is 2.49. The first kappa shape index (κ1) is 42.5. The van der Waals surface area contributed by atoms with E-state index in [0.29, 0.717) is 39.9 Å². The normalized spacial score (nSPS) is 11.6. The van der Waals surface area contributed by atoms with Crippen LogP contribution in [-0.4, -0.2) is 5.78 Å². The zero-order valence-electron chi connectivity index (χ0n) is 36.5. The number of hydrogen-bond acceptors (Lipinski definition) is 7. The van der Waals surface area contributed by atoms with Crippen molar-refractivity contribution >= 4 is 66.1 Å². The van der Waals surface area contributed by atoms with Crippen LogP contribution in [-0.2, 0) is 5.41 Å². The summed E-state index contributed by atoms with van der Waals surface area (Å²) in [4.78, 5) is 15.2. The van der Waals surface area contributed by atoms with Crippen molar-refractivity contribution in [2.75, 3.05) is 0 Å². The zero-order chi connectivity index (χ0) is 45.0. The highest BCUT2D eigenvalue weighted by molar-refractivity contribution is 7.43. The van der Waals surface area contributed by atoms with E-state index in [0.717, 1.165) is 48.7 Å². The maximum Gasteiger partial charge on any atom is 0.530 e. The summed E-state index contributed by atoms with van der Waals surface area (Å²) < 4.78 is 40.0. The van der Waals surface area contributed by atoms with Crippen molar-refractivity contribution < 1.29 is 31.9 Å². The number of carbonyl (C=O) groups is 1. The number of hydrogen-bond donors (Lipinski definition) is 0. The van der Waals surface area contributed by atoms with E-state index in [-0.39, 0.29) is 11.5 Å². The highest BCUT2D eigenvalue weighted by atomic mass is 31.2. The van der Waals surface area contributed by atoms with Gasteiger partial charge in [-0.3, -0.25) is 4.79 Å². The van der Waals surface area contributed by atoms with Crippen LogP contribution in [0.1, 0.15) is 42.3 Å². The molecule has 0 aliphatic heterocycles. The molecular weight excluding hydrogens is 859 g/mol. The number of benzene rings is 10. The van der Waals surface area contributed by atoms with Crippen molar-refractivity contribution in [2.45, 2.75) is 26.2 Å². The summed E-state index contributed by atoms with van der Waals surface area (Å²) in [5.41, 5.74) is 0.945. The van der Waals surface area contributed by atoms with Crippen LogP contribution in [0, 0.1) is 0 Å². The molecule has 0 spiro atoms. The third kappa shape index (κ3) is 9.50. The number of carbonyl (C=O) groups excluding carboxylic acids is 1. The van der Waals surface area contributed by atoms with Crippen molar-refractivity contribution in [3.05, 3.63) is 229 Å². The molecule has 0 saturated carbocycles. The summed E-state index contributed by atoms with van der Waals surface area (Å²) in [5, 5.41) is 8.33.